The van der Waals surface area contributed by atoms with Crippen LogP contribution in [0.2, 0.25) is 0 Å². The zero-order chi connectivity index (χ0) is 11.1. The van der Waals surface area contributed by atoms with Crippen molar-refractivity contribution >= 4 is 27.7 Å². The summed E-state index contributed by atoms with van der Waals surface area (Å²) >= 11 is 5.33. The molecule has 0 heterocycles. The van der Waals surface area contributed by atoms with Gasteiger partial charge in [-0.2, -0.15) is 11.8 Å². The predicted molar refractivity (Wildman–Crippen MR) is 70.1 cm³/mol. The Morgan fingerprint density at radius 3 is 2.73 bits per heavy atom. The Bertz CT molecular complexity index is 296. The maximum atomic E-state index is 8.72. The summed E-state index contributed by atoms with van der Waals surface area (Å²) in [5.74, 6) is 0.944. The van der Waals surface area contributed by atoms with Crippen LogP contribution < -0.4 is 5.73 Å². The van der Waals surface area contributed by atoms with Crippen LogP contribution in [-0.2, 0) is 0 Å². The summed E-state index contributed by atoms with van der Waals surface area (Å²) in [5, 5.41) is 9.04. The molecule has 0 aliphatic carbocycles. The molecule has 1 unspecified atom stereocenters. The third-order valence-electron chi connectivity index (χ3n) is 2.09. The van der Waals surface area contributed by atoms with Crippen molar-refractivity contribution in [3.05, 3.63) is 34.3 Å². The van der Waals surface area contributed by atoms with Crippen LogP contribution in [0.15, 0.2) is 28.7 Å². The van der Waals surface area contributed by atoms with Crippen molar-refractivity contribution < 1.29 is 5.11 Å². The summed E-state index contributed by atoms with van der Waals surface area (Å²) in [4.78, 5) is 0. The molecular weight excluding hydrogens is 274 g/mol. The van der Waals surface area contributed by atoms with Gasteiger partial charge in [0.25, 0.3) is 0 Å². The molecule has 2 nitrogen and oxygen atoms in total. The van der Waals surface area contributed by atoms with Crippen LogP contribution in [0.4, 0.5) is 0 Å². The summed E-state index contributed by atoms with van der Waals surface area (Å²) in [6, 6.07) is 8.15. The number of hydrogen-bond acceptors (Lipinski definition) is 3. The fraction of sp³-hybridized carbons (Fsp3) is 0.455. The molecule has 0 bridgehead atoms. The van der Waals surface area contributed by atoms with Crippen LogP contribution in [0.3, 0.4) is 0 Å². The Hall–Kier alpha value is -0.0300. The van der Waals surface area contributed by atoms with Gasteiger partial charge in [-0.05, 0) is 23.8 Å². The van der Waals surface area contributed by atoms with Gasteiger partial charge in [-0.3, -0.25) is 0 Å². The highest BCUT2D eigenvalue weighted by Gasteiger charge is 2.12. The van der Waals surface area contributed by atoms with E-state index in [-0.39, 0.29) is 6.61 Å². The highest BCUT2D eigenvalue weighted by Crippen LogP contribution is 2.32. The standard InChI is InChI=1S/C11H16BrNOS/c12-10-5-2-1-4-9(10)11(8-13)15-7-3-6-14/h1-2,4-5,11,14H,3,6-8,13H2. The minimum atomic E-state index is 0.250. The van der Waals surface area contributed by atoms with E-state index in [0.717, 1.165) is 16.6 Å². The van der Waals surface area contributed by atoms with E-state index >= 15 is 0 Å². The predicted octanol–water partition coefficient (Wildman–Crippen LogP) is 2.56. The zero-order valence-corrected chi connectivity index (χ0v) is 10.9. The molecule has 84 valence electrons. The molecule has 0 aliphatic rings. The number of benzene rings is 1. The first-order valence-electron chi connectivity index (χ1n) is 4.96. The molecule has 0 saturated carbocycles. The number of aliphatic hydroxyl groups is 1. The summed E-state index contributed by atoms with van der Waals surface area (Å²) in [6.07, 6.45) is 0.825. The van der Waals surface area contributed by atoms with Gasteiger partial charge in [0.15, 0.2) is 0 Å². The maximum Gasteiger partial charge on any atom is 0.0438 e. The SMILES string of the molecule is NCC(SCCCO)c1ccccc1Br. The minimum Gasteiger partial charge on any atom is -0.396 e. The van der Waals surface area contributed by atoms with Crippen molar-refractivity contribution in [1.29, 1.82) is 0 Å². The van der Waals surface area contributed by atoms with E-state index in [1.54, 1.807) is 11.8 Å². The van der Waals surface area contributed by atoms with Gasteiger partial charge in [0, 0.05) is 22.9 Å². The second-order valence-electron chi connectivity index (χ2n) is 3.19. The fourth-order valence-corrected chi connectivity index (χ4v) is 3.13. The van der Waals surface area contributed by atoms with Crippen LogP contribution in [0.5, 0.6) is 0 Å². The number of nitrogens with two attached hydrogens (primary N) is 1. The third-order valence-corrected chi connectivity index (χ3v) is 4.18. The van der Waals surface area contributed by atoms with Gasteiger partial charge in [0.05, 0.1) is 0 Å². The largest absolute Gasteiger partial charge is 0.396 e. The summed E-state index contributed by atoms with van der Waals surface area (Å²) in [5.41, 5.74) is 6.99. The topological polar surface area (TPSA) is 46.2 Å². The van der Waals surface area contributed by atoms with E-state index in [0.29, 0.717) is 11.8 Å². The highest BCUT2D eigenvalue weighted by molar-refractivity contribution is 9.10. The van der Waals surface area contributed by atoms with Gasteiger partial charge >= 0.3 is 0 Å². The Kier molecular flexibility index (Phi) is 6.32. The lowest BCUT2D eigenvalue weighted by molar-refractivity contribution is 0.296. The Morgan fingerprint density at radius 1 is 1.40 bits per heavy atom. The molecule has 1 rings (SSSR count). The van der Waals surface area contributed by atoms with E-state index in [1.807, 2.05) is 18.2 Å². The molecule has 4 heteroatoms. The molecular formula is C11H16BrNOS. The summed E-state index contributed by atoms with van der Waals surface area (Å²) in [6.45, 7) is 0.874. The second-order valence-corrected chi connectivity index (χ2v) is 5.36. The molecule has 0 amide bonds. The Morgan fingerprint density at radius 2 is 2.13 bits per heavy atom. The first-order valence-corrected chi connectivity index (χ1v) is 6.80. The van der Waals surface area contributed by atoms with Crippen molar-refractivity contribution in [3.63, 3.8) is 0 Å². The van der Waals surface area contributed by atoms with E-state index in [4.69, 9.17) is 10.8 Å². The minimum absolute atomic E-state index is 0.250. The molecule has 0 saturated heterocycles. The number of halogens is 1. The van der Waals surface area contributed by atoms with Gasteiger partial charge in [-0.15, -0.1) is 0 Å². The molecule has 0 aromatic heterocycles. The Balaban J connectivity index is 2.61. The number of rotatable bonds is 6. The quantitative estimate of drug-likeness (QED) is 0.792. The molecule has 0 fully saturated rings. The monoisotopic (exact) mass is 289 g/mol. The fourth-order valence-electron chi connectivity index (χ4n) is 1.31. The van der Waals surface area contributed by atoms with Gasteiger partial charge in [0.2, 0.25) is 0 Å². The van der Waals surface area contributed by atoms with Crippen LogP contribution in [-0.4, -0.2) is 24.0 Å². The van der Waals surface area contributed by atoms with E-state index in [9.17, 15) is 0 Å². The van der Waals surface area contributed by atoms with E-state index < -0.39 is 0 Å². The lowest BCUT2D eigenvalue weighted by atomic mass is 10.1. The first kappa shape index (κ1) is 13.0. The number of thioether (sulfide) groups is 1. The molecule has 15 heavy (non-hydrogen) atoms. The summed E-state index contributed by atoms with van der Waals surface area (Å²) < 4.78 is 1.11. The molecule has 3 N–H and O–H groups in total. The normalized spacial score (nSPS) is 12.7. The molecule has 1 atom stereocenters. The van der Waals surface area contributed by atoms with Crippen molar-refractivity contribution in [1.82, 2.24) is 0 Å². The van der Waals surface area contributed by atoms with Gasteiger partial charge < -0.3 is 10.8 Å². The smallest absolute Gasteiger partial charge is 0.0438 e. The summed E-state index contributed by atoms with van der Waals surface area (Å²) in [7, 11) is 0. The number of hydrogen-bond donors (Lipinski definition) is 2. The molecule has 1 aromatic carbocycles. The maximum absolute atomic E-state index is 8.72. The Labute approximate surface area is 103 Å². The van der Waals surface area contributed by atoms with Gasteiger partial charge in [-0.25, -0.2) is 0 Å². The highest BCUT2D eigenvalue weighted by atomic mass is 79.9. The van der Waals surface area contributed by atoms with Crippen LogP contribution in [0.1, 0.15) is 17.2 Å². The van der Waals surface area contributed by atoms with Crippen molar-refractivity contribution in [2.24, 2.45) is 5.73 Å². The molecule has 0 spiro atoms. The van der Waals surface area contributed by atoms with E-state index in [1.165, 1.54) is 5.56 Å². The third kappa shape index (κ3) is 4.15. The van der Waals surface area contributed by atoms with Crippen molar-refractivity contribution in [3.8, 4) is 0 Å². The number of aliphatic hydroxyl groups excluding tert-OH is 1. The molecule has 0 aliphatic heterocycles. The first-order chi connectivity index (χ1) is 7.29. The van der Waals surface area contributed by atoms with Gasteiger partial charge in [0.1, 0.15) is 0 Å². The average molecular weight is 290 g/mol. The second kappa shape index (κ2) is 7.28. The van der Waals surface area contributed by atoms with E-state index in [2.05, 4.69) is 22.0 Å². The average Bonchev–Trinajstić information content (AvgIpc) is 2.26. The van der Waals surface area contributed by atoms with Crippen LogP contribution >= 0.6 is 27.7 Å². The zero-order valence-electron chi connectivity index (χ0n) is 8.53. The van der Waals surface area contributed by atoms with Crippen molar-refractivity contribution in [2.75, 3.05) is 18.9 Å². The van der Waals surface area contributed by atoms with Gasteiger partial charge in [-0.1, -0.05) is 34.1 Å². The van der Waals surface area contributed by atoms with Crippen LogP contribution in [0.25, 0.3) is 0 Å². The lowest BCUT2D eigenvalue weighted by Gasteiger charge is -2.16. The molecule has 0 radical (unpaired) electrons. The van der Waals surface area contributed by atoms with Crippen LogP contribution in [0, 0.1) is 0 Å². The van der Waals surface area contributed by atoms with Crippen molar-refractivity contribution in [2.45, 2.75) is 11.7 Å². The lowest BCUT2D eigenvalue weighted by Crippen LogP contribution is -2.10. The molecule has 1 aromatic rings.